The van der Waals surface area contributed by atoms with Gasteiger partial charge in [0.05, 0.1) is 0 Å². The maximum Gasteiger partial charge on any atom is 0.588 e. The van der Waals surface area contributed by atoms with E-state index in [1.165, 1.54) is 24.3 Å². The van der Waals surface area contributed by atoms with Crippen LogP contribution >= 0.6 is 7.82 Å². The van der Waals surface area contributed by atoms with E-state index in [2.05, 4.69) is 0 Å². The average molecular weight is 580 g/mol. The molecule has 216 valence electrons. The Labute approximate surface area is 230 Å². The molecule has 0 aliphatic carbocycles. The van der Waals surface area contributed by atoms with Gasteiger partial charge in [0.25, 0.3) is 0 Å². The van der Waals surface area contributed by atoms with E-state index in [9.17, 15) is 23.7 Å². The van der Waals surface area contributed by atoms with Crippen molar-refractivity contribution in [1.29, 1.82) is 0 Å². The molecule has 2 aromatic rings. The summed E-state index contributed by atoms with van der Waals surface area (Å²) in [7, 11) is -4.67. The molecule has 0 aromatic heterocycles. The number of carbonyl (C=O) groups excluding carboxylic acids is 4. The lowest BCUT2D eigenvalue weighted by Gasteiger charge is -2.44. The van der Waals surface area contributed by atoms with Crippen LogP contribution in [0.1, 0.15) is 27.7 Å². The molecule has 3 rings (SSSR count). The molecule has 13 nitrogen and oxygen atoms in total. The van der Waals surface area contributed by atoms with Crippen molar-refractivity contribution in [1.82, 2.24) is 0 Å². The van der Waals surface area contributed by atoms with Gasteiger partial charge in [-0.2, -0.15) is 0 Å². The number of benzene rings is 2. The molecule has 1 heterocycles. The van der Waals surface area contributed by atoms with E-state index in [-0.39, 0.29) is 11.5 Å². The van der Waals surface area contributed by atoms with Crippen LogP contribution in [0.25, 0.3) is 0 Å². The van der Waals surface area contributed by atoms with Gasteiger partial charge in [-0.1, -0.05) is 36.4 Å². The lowest BCUT2D eigenvalue weighted by molar-refractivity contribution is -0.295. The molecule has 0 amide bonds. The predicted molar refractivity (Wildman–Crippen MR) is 135 cm³/mol. The monoisotopic (exact) mass is 580 g/mol. The normalized spacial score (nSPS) is 22.4. The number of hydrogen-bond donors (Lipinski definition) is 0. The SMILES string of the molecule is CC(=O)OC[C@H]1O[C@H](OC(C)=O)[C@H](OC(C)=O)[C@@H](OC(C)=O)[C@@H]1OP(=O)(Oc1ccccc1)Oc1ccccc1. The molecule has 5 atom stereocenters. The molecule has 2 aromatic carbocycles. The highest BCUT2D eigenvalue weighted by atomic mass is 31.2. The van der Waals surface area contributed by atoms with Crippen LogP contribution in [0.4, 0.5) is 0 Å². The molecule has 0 radical (unpaired) electrons. The summed E-state index contributed by atoms with van der Waals surface area (Å²) in [5.41, 5.74) is 0. The lowest BCUT2D eigenvalue weighted by atomic mass is 9.98. The van der Waals surface area contributed by atoms with Crippen LogP contribution in [-0.4, -0.2) is 61.2 Å². The minimum Gasteiger partial charge on any atom is -0.463 e. The summed E-state index contributed by atoms with van der Waals surface area (Å²) in [5.74, 6) is -3.01. The van der Waals surface area contributed by atoms with Crippen molar-refractivity contribution in [3.8, 4) is 11.5 Å². The summed E-state index contributed by atoms with van der Waals surface area (Å²) < 4.78 is 58.1. The lowest BCUT2D eigenvalue weighted by Crippen LogP contribution is -2.62. The average Bonchev–Trinajstić information content (AvgIpc) is 2.86. The third kappa shape index (κ3) is 9.08. The highest BCUT2D eigenvalue weighted by Crippen LogP contribution is 2.52. The van der Waals surface area contributed by atoms with Crippen molar-refractivity contribution >= 4 is 31.7 Å². The molecule has 14 heteroatoms. The minimum absolute atomic E-state index is 0.105. The molecule has 0 bridgehead atoms. The van der Waals surface area contributed by atoms with E-state index in [4.69, 9.17) is 37.3 Å². The molecule has 1 aliphatic rings. The van der Waals surface area contributed by atoms with Crippen LogP contribution in [0, 0.1) is 0 Å². The van der Waals surface area contributed by atoms with Crippen LogP contribution in [0.5, 0.6) is 11.5 Å². The van der Waals surface area contributed by atoms with Gasteiger partial charge in [0.1, 0.15) is 30.3 Å². The van der Waals surface area contributed by atoms with E-state index in [0.717, 1.165) is 27.7 Å². The van der Waals surface area contributed by atoms with Crippen molar-refractivity contribution in [2.45, 2.75) is 58.4 Å². The fourth-order valence-corrected chi connectivity index (χ4v) is 5.11. The second-order valence-corrected chi connectivity index (χ2v) is 9.90. The first kappa shape index (κ1) is 30.6. The van der Waals surface area contributed by atoms with Crippen LogP contribution in [0.15, 0.2) is 60.7 Å². The number of esters is 4. The molecule has 0 spiro atoms. The van der Waals surface area contributed by atoms with E-state index >= 15 is 0 Å². The molecule has 1 saturated heterocycles. The van der Waals surface area contributed by atoms with Gasteiger partial charge < -0.3 is 32.7 Å². The van der Waals surface area contributed by atoms with Gasteiger partial charge in [-0.25, -0.2) is 4.57 Å². The molecule has 1 fully saturated rings. The molecule has 40 heavy (non-hydrogen) atoms. The number of para-hydroxylation sites is 2. The van der Waals surface area contributed by atoms with Gasteiger partial charge in [-0.05, 0) is 24.3 Å². The van der Waals surface area contributed by atoms with E-state index < -0.39 is 69.0 Å². The third-order valence-corrected chi connectivity index (χ3v) is 6.47. The second kappa shape index (κ2) is 13.9. The largest absolute Gasteiger partial charge is 0.588 e. The number of hydrogen-bond acceptors (Lipinski definition) is 13. The van der Waals surface area contributed by atoms with E-state index in [0.29, 0.717) is 0 Å². The molecule has 0 N–H and O–H groups in total. The Balaban J connectivity index is 2.08. The Morgan fingerprint density at radius 2 is 1.15 bits per heavy atom. The summed E-state index contributed by atoms with van der Waals surface area (Å²) in [6, 6.07) is 15.9. The Morgan fingerprint density at radius 3 is 1.60 bits per heavy atom. The fraction of sp³-hybridized carbons (Fsp3) is 0.385. The fourth-order valence-electron chi connectivity index (χ4n) is 3.67. The van der Waals surface area contributed by atoms with E-state index in [1.807, 2.05) is 0 Å². The molecular weight excluding hydrogens is 551 g/mol. The van der Waals surface area contributed by atoms with Crippen LogP contribution in [-0.2, 0) is 52.0 Å². The Bertz CT molecular complexity index is 1170. The Hall–Kier alpha value is -3.93. The highest BCUT2D eigenvalue weighted by molar-refractivity contribution is 7.49. The first-order valence-corrected chi connectivity index (χ1v) is 13.5. The third-order valence-electron chi connectivity index (χ3n) is 5.10. The molecule has 0 unspecified atom stereocenters. The standard InChI is InChI=1S/C26H29O13P/c1-16(27)32-15-22-23(24(33-17(2)28)25(34-18(3)29)26(36-22)35-19(4)30)39-40(31,37-20-11-7-5-8-12-20)38-21-13-9-6-10-14-21/h5-14,22-26H,15H2,1-4H3/t22-,23-,24+,25-,26+/m1/s1. The van der Waals surface area contributed by atoms with Crippen LogP contribution in [0.3, 0.4) is 0 Å². The van der Waals surface area contributed by atoms with Gasteiger partial charge in [-0.15, -0.1) is 0 Å². The highest BCUT2D eigenvalue weighted by Gasteiger charge is 2.55. The number of phosphoric acid groups is 1. The Morgan fingerprint density at radius 1 is 0.675 bits per heavy atom. The van der Waals surface area contributed by atoms with Gasteiger partial charge in [0, 0.05) is 27.7 Å². The maximum absolute atomic E-state index is 14.2. The van der Waals surface area contributed by atoms with Gasteiger partial charge in [0.15, 0.2) is 6.10 Å². The van der Waals surface area contributed by atoms with Crippen LogP contribution in [0.2, 0.25) is 0 Å². The number of rotatable bonds is 11. The summed E-state index contributed by atoms with van der Waals surface area (Å²) in [5, 5.41) is 0. The summed E-state index contributed by atoms with van der Waals surface area (Å²) in [6.45, 7) is 3.82. The predicted octanol–water partition coefficient (Wildman–Crippen LogP) is 3.35. The van der Waals surface area contributed by atoms with Gasteiger partial charge in [-0.3, -0.25) is 23.7 Å². The summed E-state index contributed by atoms with van der Waals surface area (Å²) >= 11 is 0. The van der Waals surface area contributed by atoms with Crippen LogP contribution < -0.4 is 9.05 Å². The van der Waals surface area contributed by atoms with Crippen molar-refractivity contribution in [2.24, 2.45) is 0 Å². The van der Waals surface area contributed by atoms with E-state index in [1.54, 1.807) is 36.4 Å². The van der Waals surface area contributed by atoms with Crippen molar-refractivity contribution in [3.05, 3.63) is 60.7 Å². The maximum atomic E-state index is 14.2. The van der Waals surface area contributed by atoms with Crippen molar-refractivity contribution in [3.63, 3.8) is 0 Å². The zero-order chi connectivity index (χ0) is 29.3. The smallest absolute Gasteiger partial charge is 0.463 e. The first-order valence-electron chi connectivity index (χ1n) is 12.0. The summed E-state index contributed by atoms with van der Waals surface area (Å²) in [4.78, 5) is 47.6. The molecule has 0 saturated carbocycles. The zero-order valence-corrected chi connectivity index (χ0v) is 23.0. The quantitative estimate of drug-likeness (QED) is 0.217. The first-order chi connectivity index (χ1) is 19.0. The molecule has 1 aliphatic heterocycles. The van der Waals surface area contributed by atoms with Gasteiger partial charge >= 0.3 is 31.7 Å². The van der Waals surface area contributed by atoms with Crippen molar-refractivity contribution in [2.75, 3.05) is 6.61 Å². The second-order valence-electron chi connectivity index (χ2n) is 8.43. The number of ether oxygens (including phenoxy) is 5. The number of phosphoric ester groups is 1. The molecular formula is C26H29O13P. The number of carbonyl (C=O) groups is 4. The summed E-state index contributed by atoms with van der Waals surface area (Å²) in [6.07, 6.45) is -7.76. The topological polar surface area (TPSA) is 159 Å². The Kier molecular flexibility index (Phi) is 10.7. The zero-order valence-electron chi connectivity index (χ0n) is 22.1. The van der Waals surface area contributed by atoms with Gasteiger partial charge in [0.2, 0.25) is 12.4 Å². The van der Waals surface area contributed by atoms with Crippen molar-refractivity contribution < 1.29 is 61.0 Å². The minimum atomic E-state index is -4.67.